The van der Waals surface area contributed by atoms with Crippen LogP contribution in [-0.2, 0) is 12.8 Å². The van der Waals surface area contributed by atoms with Crippen molar-refractivity contribution in [2.45, 2.75) is 25.8 Å². The lowest BCUT2D eigenvalue weighted by Gasteiger charge is -2.13. The third kappa shape index (κ3) is 2.60. The van der Waals surface area contributed by atoms with Gasteiger partial charge in [-0.3, -0.25) is 4.98 Å². The fourth-order valence-electron chi connectivity index (χ4n) is 2.49. The summed E-state index contributed by atoms with van der Waals surface area (Å²) in [5.74, 6) is 0. The van der Waals surface area contributed by atoms with Crippen LogP contribution in [0.25, 0.3) is 10.9 Å². The zero-order valence-electron chi connectivity index (χ0n) is 11.5. The van der Waals surface area contributed by atoms with Crippen LogP contribution in [0.3, 0.4) is 0 Å². The first kappa shape index (κ1) is 13.3. The van der Waals surface area contributed by atoms with Crippen molar-refractivity contribution in [3.05, 3.63) is 64.0 Å². The minimum Gasteiger partial charge on any atom is -0.324 e. The molecule has 0 spiro atoms. The molecule has 0 fully saturated rings. The molecule has 102 valence electrons. The van der Waals surface area contributed by atoms with Crippen LogP contribution < -0.4 is 5.73 Å². The zero-order valence-corrected chi connectivity index (χ0v) is 12.4. The molecule has 2 N–H and O–H groups in total. The number of nitrogens with two attached hydrogens (primary N) is 1. The molecule has 2 aromatic heterocycles. The monoisotopic (exact) mass is 282 g/mol. The number of nitrogens with zero attached hydrogens (tertiary/aromatic N) is 1. The predicted octanol–water partition coefficient (Wildman–Crippen LogP) is 4.10. The Bertz CT molecular complexity index is 712. The number of benzene rings is 1. The van der Waals surface area contributed by atoms with E-state index >= 15 is 0 Å². The van der Waals surface area contributed by atoms with Gasteiger partial charge in [0.05, 0.1) is 5.52 Å². The lowest BCUT2D eigenvalue weighted by molar-refractivity contribution is 0.735. The quantitative estimate of drug-likeness (QED) is 0.782. The van der Waals surface area contributed by atoms with Gasteiger partial charge in [-0.15, -0.1) is 11.3 Å². The molecule has 3 rings (SSSR count). The van der Waals surface area contributed by atoms with Gasteiger partial charge >= 0.3 is 0 Å². The largest absolute Gasteiger partial charge is 0.324 e. The number of fused-ring (bicyclic) bond motifs is 1. The van der Waals surface area contributed by atoms with Crippen LogP contribution in [0.4, 0.5) is 0 Å². The molecule has 20 heavy (non-hydrogen) atoms. The van der Waals surface area contributed by atoms with E-state index in [1.807, 2.05) is 41.8 Å². The van der Waals surface area contributed by atoms with E-state index in [-0.39, 0.29) is 6.04 Å². The molecule has 0 bridgehead atoms. The number of para-hydroxylation sites is 1. The van der Waals surface area contributed by atoms with Gasteiger partial charge in [-0.2, -0.15) is 0 Å². The fourth-order valence-corrected chi connectivity index (χ4v) is 3.51. The van der Waals surface area contributed by atoms with Crippen molar-refractivity contribution >= 4 is 22.2 Å². The summed E-state index contributed by atoms with van der Waals surface area (Å²) in [5.41, 5.74) is 8.62. The van der Waals surface area contributed by atoms with Crippen molar-refractivity contribution in [1.29, 1.82) is 0 Å². The van der Waals surface area contributed by atoms with Crippen molar-refractivity contribution in [1.82, 2.24) is 4.98 Å². The summed E-state index contributed by atoms with van der Waals surface area (Å²) in [6.45, 7) is 2.19. The third-order valence-electron chi connectivity index (χ3n) is 3.57. The molecule has 0 saturated heterocycles. The molecule has 0 amide bonds. The molecule has 0 aliphatic carbocycles. The summed E-state index contributed by atoms with van der Waals surface area (Å²) in [7, 11) is 0. The van der Waals surface area contributed by atoms with Crippen molar-refractivity contribution in [2.75, 3.05) is 0 Å². The normalized spacial score (nSPS) is 12.7. The van der Waals surface area contributed by atoms with E-state index in [0.29, 0.717) is 0 Å². The summed E-state index contributed by atoms with van der Waals surface area (Å²) in [4.78, 5) is 7.18. The van der Waals surface area contributed by atoms with E-state index in [9.17, 15) is 0 Å². The summed E-state index contributed by atoms with van der Waals surface area (Å²) in [5, 5.41) is 1.16. The number of pyridine rings is 1. The molecule has 2 heterocycles. The lowest BCUT2D eigenvalue weighted by Crippen LogP contribution is -2.13. The van der Waals surface area contributed by atoms with Gasteiger partial charge in [0.25, 0.3) is 0 Å². The molecule has 0 saturated carbocycles. The van der Waals surface area contributed by atoms with Crippen molar-refractivity contribution in [3.63, 3.8) is 0 Å². The number of hydrogen-bond acceptors (Lipinski definition) is 3. The van der Waals surface area contributed by atoms with Crippen molar-refractivity contribution in [2.24, 2.45) is 5.73 Å². The molecule has 3 heteroatoms. The van der Waals surface area contributed by atoms with Gasteiger partial charge in [-0.1, -0.05) is 25.1 Å². The summed E-state index contributed by atoms with van der Waals surface area (Å²) < 4.78 is 0. The highest BCUT2D eigenvalue weighted by Crippen LogP contribution is 2.26. The van der Waals surface area contributed by atoms with E-state index in [1.165, 1.54) is 15.3 Å². The van der Waals surface area contributed by atoms with E-state index in [0.717, 1.165) is 23.7 Å². The van der Waals surface area contributed by atoms with Crippen LogP contribution in [0.5, 0.6) is 0 Å². The second-order valence-electron chi connectivity index (χ2n) is 4.95. The lowest BCUT2D eigenvalue weighted by atomic mass is 10.00. The second kappa shape index (κ2) is 5.73. The number of aryl methyl sites for hydroxylation is 1. The van der Waals surface area contributed by atoms with E-state index < -0.39 is 0 Å². The number of aromatic nitrogens is 1. The van der Waals surface area contributed by atoms with Crippen LogP contribution in [0.2, 0.25) is 0 Å². The molecule has 2 nitrogen and oxygen atoms in total. The highest BCUT2D eigenvalue weighted by Gasteiger charge is 2.12. The Labute approximate surface area is 123 Å². The molecule has 1 unspecified atom stereocenters. The van der Waals surface area contributed by atoms with Crippen LogP contribution in [0, 0.1) is 0 Å². The fraction of sp³-hybridized carbons (Fsp3) is 0.235. The van der Waals surface area contributed by atoms with Gasteiger partial charge in [0.2, 0.25) is 0 Å². The minimum absolute atomic E-state index is 0.0197. The first-order valence-electron chi connectivity index (χ1n) is 6.94. The van der Waals surface area contributed by atoms with E-state index in [4.69, 9.17) is 5.73 Å². The Balaban J connectivity index is 1.90. The Morgan fingerprint density at radius 2 is 1.90 bits per heavy atom. The molecule has 0 aliphatic rings. The van der Waals surface area contributed by atoms with Gasteiger partial charge < -0.3 is 5.73 Å². The first-order valence-corrected chi connectivity index (χ1v) is 7.76. The Kier molecular flexibility index (Phi) is 3.81. The number of rotatable bonds is 4. The van der Waals surface area contributed by atoms with Crippen LogP contribution in [0.15, 0.2) is 48.7 Å². The molecule has 1 aromatic carbocycles. The molecule has 3 aromatic rings. The average Bonchev–Trinajstić information content (AvgIpc) is 2.94. The first-order chi connectivity index (χ1) is 9.78. The van der Waals surface area contributed by atoms with Gasteiger partial charge in [0.1, 0.15) is 0 Å². The molecule has 0 radical (unpaired) electrons. The van der Waals surface area contributed by atoms with Crippen molar-refractivity contribution in [3.8, 4) is 0 Å². The topological polar surface area (TPSA) is 38.9 Å². The maximum Gasteiger partial charge on any atom is 0.0705 e. The molecular weight excluding hydrogens is 264 g/mol. The predicted molar refractivity (Wildman–Crippen MR) is 86.1 cm³/mol. The van der Waals surface area contributed by atoms with Crippen molar-refractivity contribution < 1.29 is 0 Å². The van der Waals surface area contributed by atoms with Gasteiger partial charge in [-0.25, -0.2) is 0 Å². The minimum atomic E-state index is 0.0197. The Hall–Kier alpha value is -1.71. The van der Waals surface area contributed by atoms with Crippen LogP contribution in [-0.4, -0.2) is 4.98 Å². The summed E-state index contributed by atoms with van der Waals surface area (Å²) in [6.07, 6.45) is 3.83. The van der Waals surface area contributed by atoms with Crippen LogP contribution in [0.1, 0.15) is 28.3 Å². The second-order valence-corrected chi connectivity index (χ2v) is 6.20. The maximum absolute atomic E-state index is 6.42. The van der Waals surface area contributed by atoms with Crippen LogP contribution >= 0.6 is 11.3 Å². The molecule has 0 aliphatic heterocycles. The highest BCUT2D eigenvalue weighted by atomic mass is 32.1. The Morgan fingerprint density at radius 3 is 2.70 bits per heavy atom. The SMILES string of the molecule is CCc1ccc(CC(N)c2ccnc3ccccc23)s1. The maximum atomic E-state index is 6.42. The van der Waals surface area contributed by atoms with E-state index in [1.54, 1.807) is 0 Å². The molecular formula is C17H18N2S. The van der Waals surface area contributed by atoms with Gasteiger partial charge in [0.15, 0.2) is 0 Å². The number of thiophene rings is 1. The third-order valence-corrected chi connectivity index (χ3v) is 4.82. The highest BCUT2D eigenvalue weighted by molar-refractivity contribution is 7.11. The average molecular weight is 282 g/mol. The Morgan fingerprint density at radius 1 is 1.10 bits per heavy atom. The number of hydrogen-bond donors (Lipinski definition) is 1. The summed E-state index contributed by atoms with van der Waals surface area (Å²) >= 11 is 1.87. The standard InChI is InChI=1S/C17H18N2S/c1-2-12-7-8-13(20-12)11-16(18)14-9-10-19-17-6-4-3-5-15(14)17/h3-10,16H,2,11,18H2,1H3. The molecule has 1 atom stereocenters. The van der Waals surface area contributed by atoms with E-state index in [2.05, 4.69) is 30.1 Å². The summed E-state index contributed by atoms with van der Waals surface area (Å²) in [6, 6.07) is 14.7. The van der Waals surface area contributed by atoms with Gasteiger partial charge in [-0.05, 0) is 36.2 Å². The van der Waals surface area contributed by atoms with Gasteiger partial charge in [0, 0.05) is 33.8 Å². The smallest absolute Gasteiger partial charge is 0.0705 e. The zero-order chi connectivity index (χ0) is 13.9.